The monoisotopic (exact) mass is 451 g/mol. The lowest BCUT2D eigenvalue weighted by Gasteiger charge is -2.35. The van der Waals surface area contributed by atoms with Crippen molar-refractivity contribution in [3.05, 3.63) is 74.9 Å². The first-order valence-electron chi connectivity index (χ1n) is 11.0. The molecule has 1 fully saturated rings. The molecule has 0 atom stereocenters. The molecule has 0 radical (unpaired) electrons. The van der Waals surface area contributed by atoms with Crippen molar-refractivity contribution in [1.82, 2.24) is 9.55 Å². The Morgan fingerprint density at radius 1 is 1.18 bits per heavy atom. The van der Waals surface area contributed by atoms with Crippen LogP contribution in [0.4, 0.5) is 4.39 Å². The first-order valence-corrected chi connectivity index (χ1v) is 11.0. The molecule has 0 spiro atoms. The van der Waals surface area contributed by atoms with E-state index in [0.29, 0.717) is 47.2 Å². The maximum atomic E-state index is 13.5. The van der Waals surface area contributed by atoms with E-state index in [1.165, 1.54) is 16.7 Å². The van der Waals surface area contributed by atoms with Crippen molar-refractivity contribution >= 4 is 16.9 Å². The van der Waals surface area contributed by atoms with Crippen LogP contribution in [0.5, 0.6) is 0 Å². The van der Waals surface area contributed by atoms with Gasteiger partial charge in [-0.3, -0.25) is 14.2 Å². The fourth-order valence-corrected chi connectivity index (χ4v) is 4.18. The zero-order valence-corrected chi connectivity index (χ0v) is 18.9. The lowest BCUT2D eigenvalue weighted by molar-refractivity contribution is -0.164. The topological polar surface area (TPSA) is 90.6 Å². The Hall–Kier alpha value is -3.42. The summed E-state index contributed by atoms with van der Waals surface area (Å²) in [5, 5.41) is 3.31. The maximum absolute atomic E-state index is 13.5. The van der Waals surface area contributed by atoms with Crippen molar-refractivity contribution in [2.75, 3.05) is 0 Å². The Kier molecular flexibility index (Phi) is 6.10. The predicted molar refractivity (Wildman–Crippen MR) is 123 cm³/mol. The highest BCUT2D eigenvalue weighted by atomic mass is 19.1. The van der Waals surface area contributed by atoms with Crippen LogP contribution in [0.2, 0.25) is 0 Å². The number of nitrogens with zero attached hydrogens (tertiary/aromatic N) is 3. The molecular weight excluding hydrogens is 425 g/mol. The minimum absolute atomic E-state index is 0.00576. The molecule has 1 aliphatic carbocycles. The summed E-state index contributed by atoms with van der Waals surface area (Å²) in [7, 11) is 0. The Labute approximate surface area is 190 Å². The number of hydrogen-bond acceptors (Lipinski definition) is 6. The van der Waals surface area contributed by atoms with Crippen LogP contribution in [0.1, 0.15) is 45.0 Å². The second-order valence-electron chi connectivity index (χ2n) is 9.56. The van der Waals surface area contributed by atoms with Crippen molar-refractivity contribution < 1.29 is 13.9 Å². The average molecular weight is 451 g/mol. The molecule has 0 unspecified atom stereocenters. The molecule has 1 saturated carbocycles. The molecule has 4 rings (SSSR count). The van der Waals surface area contributed by atoms with Gasteiger partial charge in [0.2, 0.25) is 0 Å². The second-order valence-corrected chi connectivity index (χ2v) is 9.56. The van der Waals surface area contributed by atoms with E-state index in [-0.39, 0.29) is 29.9 Å². The summed E-state index contributed by atoms with van der Waals surface area (Å²) in [6.07, 6.45) is 1.79. The van der Waals surface area contributed by atoms with Crippen LogP contribution >= 0.6 is 0 Å². The molecule has 8 heteroatoms. The molecular formula is C25H26FN3O4. The van der Waals surface area contributed by atoms with Gasteiger partial charge in [0.15, 0.2) is 0 Å². The number of esters is 1. The maximum Gasteiger partial charge on any atom is 0.309 e. The van der Waals surface area contributed by atoms with Crippen molar-refractivity contribution in [2.45, 2.75) is 52.2 Å². The summed E-state index contributed by atoms with van der Waals surface area (Å²) in [4.78, 5) is 41.1. The van der Waals surface area contributed by atoms with Crippen molar-refractivity contribution in [3.8, 4) is 5.69 Å². The number of benzene rings is 2. The fourth-order valence-electron chi connectivity index (χ4n) is 4.18. The van der Waals surface area contributed by atoms with Gasteiger partial charge in [0, 0.05) is 6.42 Å². The quantitative estimate of drug-likeness (QED) is 0.400. The van der Waals surface area contributed by atoms with Crippen molar-refractivity contribution in [3.63, 3.8) is 0 Å². The van der Waals surface area contributed by atoms with Gasteiger partial charge in [0.05, 0.1) is 22.5 Å². The molecule has 0 aliphatic heterocycles. The second kappa shape index (κ2) is 8.84. The standard InChI is InChI=1S/C25H26FN3O4/c1-25(2,3)33-24(31)17-10-16(11-17)13-22-28-21-12-15(14-27-32)4-9-20(21)23(30)29(22)19-7-5-18(26)6-8-19/h4-9,12,16-17H,10-11,13-14H2,1-3H3. The number of hydrogen-bond donors (Lipinski definition) is 0. The van der Waals surface area contributed by atoms with Crippen molar-refractivity contribution in [1.29, 1.82) is 0 Å². The summed E-state index contributed by atoms with van der Waals surface area (Å²) >= 11 is 0. The molecule has 1 heterocycles. The largest absolute Gasteiger partial charge is 0.460 e. The van der Waals surface area contributed by atoms with E-state index in [2.05, 4.69) is 5.18 Å². The summed E-state index contributed by atoms with van der Waals surface area (Å²) in [6, 6.07) is 10.7. The third-order valence-corrected chi connectivity index (χ3v) is 5.78. The third kappa shape index (κ3) is 4.99. The number of nitroso groups, excluding NO2 is 1. The third-order valence-electron chi connectivity index (χ3n) is 5.78. The van der Waals surface area contributed by atoms with Gasteiger partial charge < -0.3 is 4.74 Å². The first-order chi connectivity index (χ1) is 15.6. The molecule has 3 aromatic rings. The molecule has 33 heavy (non-hydrogen) atoms. The van der Waals surface area contributed by atoms with E-state index in [1.807, 2.05) is 20.8 Å². The van der Waals surface area contributed by atoms with Gasteiger partial charge in [-0.05, 0) is 81.5 Å². The fraction of sp³-hybridized carbons (Fsp3) is 0.400. The van der Waals surface area contributed by atoms with Gasteiger partial charge >= 0.3 is 5.97 Å². The van der Waals surface area contributed by atoms with Crippen LogP contribution < -0.4 is 5.56 Å². The molecule has 2 aromatic carbocycles. The van der Waals surface area contributed by atoms with E-state index >= 15 is 0 Å². The Balaban J connectivity index is 1.67. The predicted octanol–water partition coefficient (Wildman–Crippen LogP) is 4.70. The molecule has 0 saturated heterocycles. The van der Waals surface area contributed by atoms with Gasteiger partial charge in [-0.2, -0.15) is 4.91 Å². The SMILES string of the molecule is CC(C)(C)OC(=O)C1CC(Cc2nc3cc(CN=O)ccc3c(=O)n2-c2ccc(F)cc2)C1. The van der Waals surface area contributed by atoms with Gasteiger partial charge in [-0.15, -0.1) is 0 Å². The highest BCUT2D eigenvalue weighted by molar-refractivity contribution is 5.79. The average Bonchev–Trinajstić information content (AvgIpc) is 2.70. The first kappa shape index (κ1) is 22.8. The number of rotatable bonds is 6. The number of halogens is 1. The van der Waals surface area contributed by atoms with Crippen LogP contribution in [-0.4, -0.2) is 21.1 Å². The minimum Gasteiger partial charge on any atom is -0.460 e. The van der Waals surface area contributed by atoms with E-state index < -0.39 is 11.4 Å². The lowest BCUT2D eigenvalue weighted by atomic mass is 9.73. The number of fused-ring (bicyclic) bond motifs is 1. The van der Waals surface area contributed by atoms with E-state index in [4.69, 9.17) is 9.72 Å². The van der Waals surface area contributed by atoms with Crippen LogP contribution in [0.3, 0.4) is 0 Å². The Morgan fingerprint density at radius 3 is 2.52 bits per heavy atom. The lowest BCUT2D eigenvalue weighted by Crippen LogP contribution is -2.37. The van der Waals surface area contributed by atoms with Crippen molar-refractivity contribution in [2.24, 2.45) is 17.0 Å². The highest BCUT2D eigenvalue weighted by Crippen LogP contribution is 2.37. The molecule has 1 aromatic heterocycles. The molecule has 0 N–H and O–H groups in total. The van der Waals surface area contributed by atoms with Gasteiger partial charge in [0.1, 0.15) is 23.8 Å². The minimum atomic E-state index is -0.529. The number of ether oxygens (including phenoxy) is 1. The Morgan fingerprint density at radius 2 is 1.88 bits per heavy atom. The van der Waals surface area contributed by atoms with E-state index in [9.17, 15) is 18.9 Å². The molecule has 0 bridgehead atoms. The van der Waals surface area contributed by atoms with Gasteiger partial charge in [0.25, 0.3) is 5.56 Å². The zero-order valence-electron chi connectivity index (χ0n) is 18.9. The summed E-state index contributed by atoms with van der Waals surface area (Å²) in [5.74, 6) is -0.0632. The van der Waals surface area contributed by atoms with E-state index in [0.717, 1.165) is 0 Å². The smallest absolute Gasteiger partial charge is 0.309 e. The Bertz CT molecular complexity index is 1260. The highest BCUT2D eigenvalue weighted by Gasteiger charge is 2.38. The molecule has 172 valence electrons. The molecule has 0 amide bonds. The van der Waals surface area contributed by atoms with Crippen LogP contribution in [-0.2, 0) is 22.5 Å². The zero-order chi connectivity index (χ0) is 23.8. The summed E-state index contributed by atoms with van der Waals surface area (Å²) in [6.45, 7) is 5.52. The number of carbonyl (C=O) groups excluding carboxylic acids is 1. The summed E-state index contributed by atoms with van der Waals surface area (Å²) in [5.41, 5.74) is 0.878. The van der Waals surface area contributed by atoms with Crippen LogP contribution in [0, 0.1) is 22.6 Å². The number of carbonyl (C=O) groups is 1. The van der Waals surface area contributed by atoms with Crippen LogP contribution in [0.25, 0.3) is 16.6 Å². The van der Waals surface area contributed by atoms with Crippen LogP contribution in [0.15, 0.2) is 52.4 Å². The van der Waals surface area contributed by atoms with Gasteiger partial charge in [-0.1, -0.05) is 11.2 Å². The summed E-state index contributed by atoms with van der Waals surface area (Å²) < 4.78 is 20.5. The van der Waals surface area contributed by atoms with Gasteiger partial charge in [-0.25, -0.2) is 9.37 Å². The van der Waals surface area contributed by atoms with E-state index in [1.54, 1.807) is 30.3 Å². The molecule has 7 nitrogen and oxygen atoms in total. The number of aromatic nitrogens is 2. The normalized spacial score (nSPS) is 18.1. The molecule has 1 aliphatic rings.